The van der Waals surface area contributed by atoms with Gasteiger partial charge in [0.15, 0.2) is 5.76 Å². The minimum atomic E-state index is -4.62. The lowest BCUT2D eigenvalue weighted by Crippen LogP contribution is -2.31. The molecule has 0 saturated carbocycles. The monoisotopic (exact) mass is 361 g/mol. The van der Waals surface area contributed by atoms with E-state index in [0.29, 0.717) is 22.1 Å². The molecule has 0 bridgehead atoms. The molecule has 2 aromatic rings. The average molecular weight is 361 g/mol. The number of aryl methyl sites for hydroxylation is 2. The minimum absolute atomic E-state index is 0.218. The summed E-state index contributed by atoms with van der Waals surface area (Å²) >= 11 is 0. The van der Waals surface area contributed by atoms with Crippen molar-refractivity contribution >= 4 is 23.1 Å². The zero-order chi connectivity index (χ0) is 19.2. The Labute approximate surface area is 147 Å². The third-order valence-electron chi connectivity index (χ3n) is 4.14. The van der Waals surface area contributed by atoms with Gasteiger partial charge in [-0.3, -0.25) is 9.59 Å². The van der Waals surface area contributed by atoms with Crippen LogP contribution in [0.5, 0.6) is 0 Å². The summed E-state index contributed by atoms with van der Waals surface area (Å²) in [5.74, 6) is -2.69. The maximum absolute atomic E-state index is 12.9. The van der Waals surface area contributed by atoms with E-state index in [0.717, 1.165) is 17.7 Å². The molecule has 7 heteroatoms. The van der Waals surface area contributed by atoms with E-state index >= 15 is 0 Å². The van der Waals surface area contributed by atoms with E-state index in [1.807, 2.05) is 6.92 Å². The van der Waals surface area contributed by atoms with Gasteiger partial charge in [0.05, 0.1) is 16.8 Å². The fourth-order valence-electron chi connectivity index (χ4n) is 2.91. The van der Waals surface area contributed by atoms with Crippen LogP contribution < -0.4 is 4.90 Å². The first-order valence-corrected chi connectivity index (χ1v) is 7.68. The summed E-state index contributed by atoms with van der Waals surface area (Å²) in [6.45, 7) is 3.56. The first-order valence-electron chi connectivity index (χ1n) is 7.68. The third kappa shape index (κ3) is 2.85. The van der Waals surface area contributed by atoms with Crippen molar-refractivity contribution in [3.8, 4) is 0 Å². The molecule has 0 aliphatic carbocycles. The molecule has 3 rings (SSSR count). The molecule has 1 heterocycles. The molecule has 0 aromatic heterocycles. The van der Waals surface area contributed by atoms with Crippen molar-refractivity contribution in [3.05, 3.63) is 70.5 Å². The van der Waals surface area contributed by atoms with E-state index in [9.17, 15) is 27.9 Å². The maximum Gasteiger partial charge on any atom is 0.416 e. The summed E-state index contributed by atoms with van der Waals surface area (Å²) in [7, 11) is 0. The van der Waals surface area contributed by atoms with Crippen LogP contribution in [0.15, 0.2) is 48.2 Å². The lowest BCUT2D eigenvalue weighted by atomic mass is 9.98. The number of halogens is 3. The molecule has 0 unspecified atom stereocenters. The number of hydrogen-bond acceptors (Lipinski definition) is 3. The molecular formula is C19H14F3NO3. The summed E-state index contributed by atoms with van der Waals surface area (Å²) in [4.78, 5) is 25.6. The van der Waals surface area contributed by atoms with Crippen molar-refractivity contribution < 1.29 is 27.9 Å². The minimum Gasteiger partial charge on any atom is -0.502 e. The van der Waals surface area contributed by atoms with Crippen molar-refractivity contribution in [2.24, 2.45) is 0 Å². The molecule has 0 saturated heterocycles. The standard InChI is InChI=1S/C19H14F3NO3/c1-10-6-7-14(11(2)8-10)15-16(24)18(26)23(17(15)25)13-5-3-4-12(9-13)19(20,21)22/h3-9,24H,1-2H3. The first-order chi connectivity index (χ1) is 12.1. The zero-order valence-corrected chi connectivity index (χ0v) is 13.9. The summed E-state index contributed by atoms with van der Waals surface area (Å²) in [5, 5.41) is 10.2. The molecule has 134 valence electrons. The Hall–Kier alpha value is -3.09. The Bertz CT molecular complexity index is 961. The lowest BCUT2D eigenvalue weighted by Gasteiger charge is -2.17. The molecule has 26 heavy (non-hydrogen) atoms. The number of aliphatic hydroxyl groups is 1. The predicted octanol–water partition coefficient (Wildman–Crippen LogP) is 4.16. The van der Waals surface area contributed by atoms with Gasteiger partial charge in [-0.2, -0.15) is 13.2 Å². The van der Waals surface area contributed by atoms with Crippen LogP contribution in [0.4, 0.5) is 18.9 Å². The van der Waals surface area contributed by atoms with Gasteiger partial charge in [0.2, 0.25) is 0 Å². The molecule has 1 N–H and O–H groups in total. The fourth-order valence-corrected chi connectivity index (χ4v) is 2.91. The van der Waals surface area contributed by atoms with Crippen LogP contribution >= 0.6 is 0 Å². The largest absolute Gasteiger partial charge is 0.502 e. The van der Waals surface area contributed by atoms with Crippen LogP contribution in [0.25, 0.3) is 5.57 Å². The van der Waals surface area contributed by atoms with Crippen molar-refractivity contribution in [1.29, 1.82) is 0 Å². The predicted molar refractivity (Wildman–Crippen MR) is 89.4 cm³/mol. The summed E-state index contributed by atoms with van der Waals surface area (Å²) < 4.78 is 38.7. The summed E-state index contributed by atoms with van der Waals surface area (Å²) in [6.07, 6.45) is -4.62. The number of benzene rings is 2. The van der Waals surface area contributed by atoms with Gasteiger partial charge in [-0.05, 0) is 43.2 Å². The first kappa shape index (κ1) is 17.7. The molecule has 2 amide bonds. The van der Waals surface area contributed by atoms with Crippen molar-refractivity contribution in [1.82, 2.24) is 0 Å². The zero-order valence-electron chi connectivity index (χ0n) is 13.9. The Morgan fingerprint density at radius 2 is 1.65 bits per heavy atom. The second-order valence-electron chi connectivity index (χ2n) is 6.04. The van der Waals surface area contributed by atoms with Gasteiger partial charge in [-0.25, -0.2) is 4.90 Å². The molecule has 0 fully saturated rings. The Morgan fingerprint density at radius 3 is 2.27 bits per heavy atom. The van der Waals surface area contributed by atoms with Gasteiger partial charge < -0.3 is 5.11 Å². The Kier molecular flexibility index (Phi) is 4.10. The molecule has 1 aliphatic rings. The van der Waals surface area contributed by atoms with Crippen molar-refractivity contribution in [2.75, 3.05) is 4.90 Å². The molecule has 2 aromatic carbocycles. The fraction of sp³-hybridized carbons (Fsp3) is 0.158. The van der Waals surface area contributed by atoms with E-state index in [-0.39, 0.29) is 11.3 Å². The third-order valence-corrected chi connectivity index (χ3v) is 4.14. The van der Waals surface area contributed by atoms with Gasteiger partial charge in [0.1, 0.15) is 0 Å². The molecular weight excluding hydrogens is 347 g/mol. The number of nitrogens with zero attached hydrogens (tertiary/aromatic N) is 1. The average Bonchev–Trinajstić information content (AvgIpc) is 2.77. The molecule has 0 atom stereocenters. The van der Waals surface area contributed by atoms with E-state index in [1.54, 1.807) is 25.1 Å². The highest BCUT2D eigenvalue weighted by atomic mass is 19.4. The topological polar surface area (TPSA) is 57.6 Å². The van der Waals surface area contributed by atoms with Gasteiger partial charge in [0, 0.05) is 0 Å². The molecule has 4 nitrogen and oxygen atoms in total. The number of carbonyl (C=O) groups excluding carboxylic acids is 2. The highest BCUT2D eigenvalue weighted by molar-refractivity contribution is 6.45. The Balaban J connectivity index is 2.07. The van der Waals surface area contributed by atoms with Gasteiger partial charge in [-0.15, -0.1) is 0 Å². The van der Waals surface area contributed by atoms with Crippen molar-refractivity contribution in [2.45, 2.75) is 20.0 Å². The SMILES string of the molecule is Cc1ccc(C2=C(O)C(=O)N(c3cccc(C(F)(F)F)c3)C2=O)c(C)c1. The van der Waals surface area contributed by atoms with Gasteiger partial charge >= 0.3 is 12.1 Å². The normalized spacial score (nSPS) is 15.2. The second-order valence-corrected chi connectivity index (χ2v) is 6.04. The highest BCUT2D eigenvalue weighted by Gasteiger charge is 2.41. The maximum atomic E-state index is 12.9. The number of aliphatic hydroxyl groups excluding tert-OH is 1. The van der Waals surface area contributed by atoms with Crippen molar-refractivity contribution in [3.63, 3.8) is 0 Å². The number of amides is 2. The van der Waals surface area contributed by atoms with E-state index < -0.39 is 29.3 Å². The van der Waals surface area contributed by atoms with E-state index in [2.05, 4.69) is 0 Å². The second kappa shape index (κ2) is 6.01. The number of alkyl halides is 3. The molecule has 1 aliphatic heterocycles. The van der Waals surface area contributed by atoms with Crippen LogP contribution in [0.1, 0.15) is 22.3 Å². The van der Waals surface area contributed by atoms with Crippen LogP contribution in [0, 0.1) is 13.8 Å². The molecule has 0 radical (unpaired) electrons. The lowest BCUT2D eigenvalue weighted by molar-refractivity contribution is -0.137. The number of carbonyl (C=O) groups is 2. The Morgan fingerprint density at radius 1 is 0.962 bits per heavy atom. The number of imide groups is 1. The van der Waals surface area contributed by atoms with E-state index in [4.69, 9.17) is 0 Å². The van der Waals surface area contributed by atoms with Crippen LogP contribution in [0.3, 0.4) is 0 Å². The summed E-state index contributed by atoms with van der Waals surface area (Å²) in [5.41, 5.74) is 0.499. The summed E-state index contributed by atoms with van der Waals surface area (Å²) in [6, 6.07) is 8.94. The highest BCUT2D eigenvalue weighted by Crippen LogP contribution is 2.36. The van der Waals surface area contributed by atoms with Gasteiger partial charge in [0.25, 0.3) is 5.91 Å². The quantitative estimate of drug-likeness (QED) is 0.817. The van der Waals surface area contributed by atoms with Crippen LogP contribution in [0.2, 0.25) is 0 Å². The smallest absolute Gasteiger partial charge is 0.416 e. The van der Waals surface area contributed by atoms with E-state index in [1.165, 1.54) is 6.07 Å². The number of hydrogen-bond donors (Lipinski definition) is 1. The number of anilines is 1. The van der Waals surface area contributed by atoms with Crippen LogP contribution in [-0.2, 0) is 15.8 Å². The van der Waals surface area contributed by atoms with Crippen LogP contribution in [-0.4, -0.2) is 16.9 Å². The number of rotatable bonds is 2. The molecule has 0 spiro atoms. The van der Waals surface area contributed by atoms with Gasteiger partial charge in [-0.1, -0.05) is 29.8 Å².